The van der Waals surface area contributed by atoms with Gasteiger partial charge in [0.05, 0.1) is 6.04 Å². The van der Waals surface area contributed by atoms with Crippen LogP contribution < -0.4 is 16.0 Å². The van der Waals surface area contributed by atoms with Gasteiger partial charge in [-0.25, -0.2) is 0 Å². The van der Waals surface area contributed by atoms with Gasteiger partial charge in [0.15, 0.2) is 0 Å². The second kappa shape index (κ2) is 10.1. The molecule has 1 atom stereocenters. The molecule has 1 aromatic carbocycles. The van der Waals surface area contributed by atoms with Crippen molar-refractivity contribution in [2.45, 2.75) is 32.4 Å². The molecule has 8 heteroatoms. The zero-order valence-electron chi connectivity index (χ0n) is 15.4. The van der Waals surface area contributed by atoms with E-state index in [-0.39, 0.29) is 24.2 Å². The maximum atomic E-state index is 12.3. The number of nitrogens with zero attached hydrogens (tertiary/aromatic N) is 2. The molecule has 1 unspecified atom stereocenters. The minimum Gasteiger partial charge on any atom is -0.352 e. The lowest BCUT2D eigenvalue weighted by Crippen LogP contribution is -2.32. The number of carbonyl (C=O) groups is 2. The Hall–Kier alpha value is -2.38. The third-order valence-corrected chi connectivity index (χ3v) is 4.49. The molecule has 0 saturated carbocycles. The quantitative estimate of drug-likeness (QED) is 0.701. The number of rotatable bonds is 6. The summed E-state index contributed by atoms with van der Waals surface area (Å²) in [7, 11) is 0. The number of halogens is 1. The SMILES string of the molecule is CCNC(=O)c1ccc(CNC(=O)c2ccn(C3CCCNC3)n2)cc1.Cl. The molecule has 27 heavy (non-hydrogen) atoms. The first-order chi connectivity index (χ1) is 12.7. The molecule has 0 radical (unpaired) electrons. The summed E-state index contributed by atoms with van der Waals surface area (Å²) in [6.07, 6.45) is 4.07. The molecule has 2 aromatic rings. The summed E-state index contributed by atoms with van der Waals surface area (Å²) < 4.78 is 1.88. The molecular formula is C19H26ClN5O2. The van der Waals surface area contributed by atoms with Crippen molar-refractivity contribution in [3.63, 3.8) is 0 Å². The molecule has 1 aliphatic rings. The van der Waals surface area contributed by atoms with Gasteiger partial charge in [-0.1, -0.05) is 12.1 Å². The first-order valence-electron chi connectivity index (χ1n) is 9.08. The van der Waals surface area contributed by atoms with Gasteiger partial charge in [-0.15, -0.1) is 12.4 Å². The van der Waals surface area contributed by atoms with E-state index < -0.39 is 0 Å². The Morgan fingerprint density at radius 1 is 1.19 bits per heavy atom. The number of hydrogen-bond donors (Lipinski definition) is 3. The molecule has 1 aliphatic heterocycles. The van der Waals surface area contributed by atoms with Crippen LogP contribution >= 0.6 is 12.4 Å². The van der Waals surface area contributed by atoms with Gasteiger partial charge in [-0.2, -0.15) is 5.10 Å². The fourth-order valence-electron chi connectivity index (χ4n) is 3.03. The van der Waals surface area contributed by atoms with Crippen molar-refractivity contribution < 1.29 is 9.59 Å². The van der Waals surface area contributed by atoms with E-state index in [1.807, 2.05) is 29.9 Å². The van der Waals surface area contributed by atoms with Gasteiger partial charge in [0.2, 0.25) is 0 Å². The highest BCUT2D eigenvalue weighted by Gasteiger charge is 2.17. The average Bonchev–Trinajstić information content (AvgIpc) is 3.18. The van der Waals surface area contributed by atoms with Gasteiger partial charge < -0.3 is 16.0 Å². The molecule has 3 N–H and O–H groups in total. The molecular weight excluding hydrogens is 366 g/mol. The van der Waals surface area contributed by atoms with E-state index in [9.17, 15) is 9.59 Å². The molecule has 0 aliphatic carbocycles. The van der Waals surface area contributed by atoms with Crippen LogP contribution in [-0.2, 0) is 6.54 Å². The van der Waals surface area contributed by atoms with Crippen LogP contribution in [0.3, 0.4) is 0 Å². The highest BCUT2D eigenvalue weighted by molar-refractivity contribution is 5.94. The lowest BCUT2D eigenvalue weighted by atomic mass is 10.1. The number of carbonyl (C=O) groups excluding carboxylic acids is 2. The monoisotopic (exact) mass is 391 g/mol. The highest BCUT2D eigenvalue weighted by Crippen LogP contribution is 2.15. The summed E-state index contributed by atoms with van der Waals surface area (Å²) in [6.45, 7) is 4.81. The van der Waals surface area contributed by atoms with Gasteiger partial charge in [0, 0.05) is 31.4 Å². The Labute approximate surface area is 165 Å². The molecule has 146 valence electrons. The molecule has 0 bridgehead atoms. The van der Waals surface area contributed by atoms with Crippen molar-refractivity contribution in [1.29, 1.82) is 0 Å². The number of benzene rings is 1. The average molecular weight is 392 g/mol. The fourth-order valence-corrected chi connectivity index (χ4v) is 3.03. The summed E-state index contributed by atoms with van der Waals surface area (Å²) in [4.78, 5) is 24.1. The topological polar surface area (TPSA) is 88.0 Å². The minimum atomic E-state index is -0.194. The Morgan fingerprint density at radius 3 is 2.63 bits per heavy atom. The van der Waals surface area contributed by atoms with Crippen molar-refractivity contribution in [2.75, 3.05) is 19.6 Å². The van der Waals surface area contributed by atoms with E-state index in [1.165, 1.54) is 0 Å². The summed E-state index contributed by atoms with van der Waals surface area (Å²) >= 11 is 0. The predicted molar refractivity (Wildman–Crippen MR) is 106 cm³/mol. The highest BCUT2D eigenvalue weighted by atomic mass is 35.5. The Bertz CT molecular complexity index is 754. The van der Waals surface area contributed by atoms with E-state index in [1.54, 1.807) is 18.2 Å². The van der Waals surface area contributed by atoms with Crippen LogP contribution in [0.1, 0.15) is 52.2 Å². The van der Waals surface area contributed by atoms with Gasteiger partial charge in [0.1, 0.15) is 5.69 Å². The third-order valence-electron chi connectivity index (χ3n) is 4.49. The van der Waals surface area contributed by atoms with Crippen LogP contribution in [-0.4, -0.2) is 41.2 Å². The van der Waals surface area contributed by atoms with Crippen molar-refractivity contribution in [3.05, 3.63) is 53.3 Å². The number of aromatic nitrogens is 2. The maximum absolute atomic E-state index is 12.3. The van der Waals surface area contributed by atoms with Crippen molar-refractivity contribution in [3.8, 4) is 0 Å². The number of hydrogen-bond acceptors (Lipinski definition) is 4. The molecule has 2 amide bonds. The Morgan fingerprint density at radius 2 is 1.96 bits per heavy atom. The van der Waals surface area contributed by atoms with Crippen molar-refractivity contribution in [2.24, 2.45) is 0 Å². The summed E-state index contributed by atoms with van der Waals surface area (Å²) in [5.41, 5.74) is 1.97. The van der Waals surface area contributed by atoms with Crippen LogP contribution in [0, 0.1) is 0 Å². The molecule has 1 saturated heterocycles. The lowest BCUT2D eigenvalue weighted by Gasteiger charge is -2.22. The van der Waals surface area contributed by atoms with E-state index in [2.05, 4.69) is 21.0 Å². The first-order valence-corrected chi connectivity index (χ1v) is 9.08. The van der Waals surface area contributed by atoms with Crippen LogP contribution in [0.2, 0.25) is 0 Å². The standard InChI is InChI=1S/C19H25N5O2.ClH/c1-2-21-18(25)15-7-5-14(6-8-15)12-22-19(26)17-9-11-24(23-17)16-4-3-10-20-13-16;/h5-9,11,16,20H,2-4,10,12-13H2,1H3,(H,21,25)(H,22,26);1H. The van der Waals surface area contributed by atoms with Crippen LogP contribution in [0.4, 0.5) is 0 Å². The van der Waals surface area contributed by atoms with Gasteiger partial charge >= 0.3 is 0 Å². The normalized spacial score (nSPS) is 16.3. The van der Waals surface area contributed by atoms with Gasteiger partial charge in [-0.3, -0.25) is 14.3 Å². The van der Waals surface area contributed by atoms with Gasteiger partial charge in [-0.05, 0) is 50.1 Å². The molecule has 1 fully saturated rings. The molecule has 3 rings (SSSR count). The van der Waals surface area contributed by atoms with Crippen LogP contribution in [0.25, 0.3) is 0 Å². The minimum absolute atomic E-state index is 0. The second-order valence-electron chi connectivity index (χ2n) is 6.42. The zero-order valence-corrected chi connectivity index (χ0v) is 16.2. The summed E-state index contributed by atoms with van der Waals surface area (Å²) in [5, 5.41) is 13.4. The predicted octanol–water partition coefficient (Wildman–Crippen LogP) is 1.91. The number of amides is 2. The van der Waals surface area contributed by atoms with E-state index in [0.29, 0.717) is 30.4 Å². The van der Waals surface area contributed by atoms with Gasteiger partial charge in [0.25, 0.3) is 11.8 Å². The van der Waals surface area contributed by atoms with Crippen molar-refractivity contribution in [1.82, 2.24) is 25.7 Å². The van der Waals surface area contributed by atoms with E-state index in [0.717, 1.165) is 31.5 Å². The largest absolute Gasteiger partial charge is 0.352 e. The Balaban J connectivity index is 0.00000261. The van der Waals surface area contributed by atoms with E-state index in [4.69, 9.17) is 0 Å². The summed E-state index contributed by atoms with van der Waals surface area (Å²) in [5.74, 6) is -0.286. The molecule has 1 aromatic heterocycles. The number of nitrogens with one attached hydrogen (secondary N) is 3. The van der Waals surface area contributed by atoms with Crippen molar-refractivity contribution >= 4 is 24.2 Å². The van der Waals surface area contributed by atoms with E-state index >= 15 is 0 Å². The van der Waals surface area contributed by atoms with Crippen LogP contribution in [0.5, 0.6) is 0 Å². The Kier molecular flexibility index (Phi) is 7.82. The second-order valence-corrected chi connectivity index (χ2v) is 6.42. The first kappa shape index (κ1) is 20.9. The van der Waals surface area contributed by atoms with Crippen LogP contribution in [0.15, 0.2) is 36.5 Å². The number of piperidine rings is 1. The fraction of sp³-hybridized carbons (Fsp3) is 0.421. The zero-order chi connectivity index (χ0) is 18.4. The maximum Gasteiger partial charge on any atom is 0.272 e. The smallest absolute Gasteiger partial charge is 0.272 e. The third kappa shape index (κ3) is 5.55. The summed E-state index contributed by atoms with van der Waals surface area (Å²) in [6, 6.07) is 9.28. The molecule has 7 nitrogen and oxygen atoms in total. The molecule has 2 heterocycles. The lowest BCUT2D eigenvalue weighted by molar-refractivity contribution is 0.0939. The molecule has 0 spiro atoms.